The molecule has 110 valence electrons. The van der Waals surface area contributed by atoms with E-state index in [0.29, 0.717) is 5.84 Å². The molecule has 0 aliphatic rings. The number of thiazole rings is 1. The van der Waals surface area contributed by atoms with Crippen LogP contribution >= 0.6 is 11.3 Å². The van der Waals surface area contributed by atoms with E-state index in [0.717, 1.165) is 16.0 Å². The number of nitrogens with zero attached hydrogens (tertiary/aromatic N) is 5. The van der Waals surface area contributed by atoms with Crippen molar-refractivity contribution < 1.29 is 0 Å². The Hall–Kier alpha value is -2.60. The maximum absolute atomic E-state index is 4.27. The average molecular weight is 309 g/mol. The van der Waals surface area contributed by atoms with E-state index < -0.39 is 0 Å². The van der Waals surface area contributed by atoms with Crippen molar-refractivity contribution in [3.63, 3.8) is 0 Å². The third-order valence-corrected chi connectivity index (χ3v) is 4.16. The van der Waals surface area contributed by atoms with Gasteiger partial charge in [0.05, 0.1) is 15.9 Å². The molecule has 3 aromatic rings. The molecule has 5 nitrogen and oxygen atoms in total. The fourth-order valence-electron chi connectivity index (χ4n) is 1.94. The number of para-hydroxylation sites is 1. The van der Waals surface area contributed by atoms with E-state index in [1.165, 1.54) is 4.70 Å². The van der Waals surface area contributed by atoms with E-state index in [2.05, 4.69) is 32.6 Å². The van der Waals surface area contributed by atoms with Crippen LogP contribution in [0.1, 0.15) is 6.92 Å². The Bertz CT molecular complexity index is 903. The van der Waals surface area contributed by atoms with Crippen molar-refractivity contribution in [3.8, 4) is 0 Å². The molecule has 0 saturated heterocycles. The Morgan fingerprint density at radius 2 is 1.73 bits per heavy atom. The number of aryl methyl sites for hydroxylation is 1. The Kier molecular flexibility index (Phi) is 4.20. The third-order valence-electron chi connectivity index (χ3n) is 3.06. The van der Waals surface area contributed by atoms with Gasteiger partial charge in [0.25, 0.3) is 0 Å². The SMILES string of the molecule is C/C(N=Nc1ccccc1)=N\N=c1/sc2ccccc2n1C. The predicted octanol–water partition coefficient (Wildman–Crippen LogP) is 4.26. The third kappa shape index (κ3) is 3.17. The highest BCUT2D eigenvalue weighted by Crippen LogP contribution is 2.15. The van der Waals surface area contributed by atoms with Crippen LogP contribution in [0, 0.1) is 0 Å². The smallest absolute Gasteiger partial charge is 0.211 e. The van der Waals surface area contributed by atoms with E-state index in [1.54, 1.807) is 18.3 Å². The Balaban J connectivity index is 1.87. The normalized spacial score (nSPS) is 13.4. The molecule has 1 heterocycles. The quantitative estimate of drug-likeness (QED) is 0.294. The first-order chi connectivity index (χ1) is 10.7. The highest BCUT2D eigenvalue weighted by Gasteiger charge is 2.00. The van der Waals surface area contributed by atoms with E-state index in [-0.39, 0.29) is 0 Å². The zero-order chi connectivity index (χ0) is 15.4. The van der Waals surface area contributed by atoms with Gasteiger partial charge >= 0.3 is 0 Å². The molecule has 0 saturated carbocycles. The summed E-state index contributed by atoms with van der Waals surface area (Å²) >= 11 is 1.60. The number of fused-ring (bicyclic) bond motifs is 1. The van der Waals surface area contributed by atoms with Gasteiger partial charge in [0.15, 0.2) is 5.84 Å². The summed E-state index contributed by atoms with van der Waals surface area (Å²) < 4.78 is 3.20. The molecule has 0 fully saturated rings. The molecule has 3 rings (SSSR count). The zero-order valence-electron chi connectivity index (χ0n) is 12.3. The minimum absolute atomic E-state index is 0.515. The molecule has 0 radical (unpaired) electrons. The second-order valence-electron chi connectivity index (χ2n) is 4.69. The van der Waals surface area contributed by atoms with Gasteiger partial charge in [-0.1, -0.05) is 41.7 Å². The molecule has 0 aliphatic heterocycles. The molecule has 0 N–H and O–H groups in total. The van der Waals surface area contributed by atoms with Crippen LogP contribution < -0.4 is 4.80 Å². The number of benzene rings is 2. The summed E-state index contributed by atoms with van der Waals surface area (Å²) in [5, 5.41) is 16.6. The summed E-state index contributed by atoms with van der Waals surface area (Å²) in [6, 6.07) is 17.7. The van der Waals surface area contributed by atoms with Crippen LogP contribution in [-0.2, 0) is 7.05 Å². The van der Waals surface area contributed by atoms with Gasteiger partial charge in [-0.3, -0.25) is 0 Å². The molecular weight excluding hydrogens is 294 g/mol. The second-order valence-corrected chi connectivity index (χ2v) is 5.70. The van der Waals surface area contributed by atoms with Crippen LogP contribution in [0.5, 0.6) is 0 Å². The van der Waals surface area contributed by atoms with Crippen LogP contribution in [0.25, 0.3) is 10.2 Å². The molecule has 2 aromatic carbocycles. The van der Waals surface area contributed by atoms with Crippen molar-refractivity contribution in [2.45, 2.75) is 6.92 Å². The lowest BCUT2D eigenvalue weighted by molar-refractivity contribution is 0.887. The number of hydrogen-bond donors (Lipinski definition) is 0. The van der Waals surface area contributed by atoms with Crippen LogP contribution in [0.2, 0.25) is 0 Å². The fraction of sp³-hybridized carbons (Fsp3) is 0.125. The number of azo groups is 1. The molecule has 0 unspecified atom stereocenters. The standard InChI is InChI=1S/C16H15N5S/c1-12(17-19-13-8-4-3-5-9-13)18-20-16-21(2)14-10-6-7-11-15(14)22-16/h3-11H,1-2H3/b18-12+,19-17?,20-16-. The van der Waals surface area contributed by atoms with E-state index in [4.69, 9.17) is 0 Å². The average Bonchev–Trinajstić information content (AvgIpc) is 2.88. The molecular formula is C16H15N5S. The van der Waals surface area contributed by atoms with Crippen molar-refractivity contribution in [3.05, 3.63) is 59.4 Å². The van der Waals surface area contributed by atoms with E-state index in [1.807, 2.05) is 54.1 Å². The first kappa shape index (κ1) is 14.3. The number of hydrogen-bond acceptors (Lipinski definition) is 4. The lowest BCUT2D eigenvalue weighted by Crippen LogP contribution is -2.09. The van der Waals surface area contributed by atoms with Crippen molar-refractivity contribution in [2.75, 3.05) is 0 Å². The molecule has 0 atom stereocenters. The second kappa shape index (κ2) is 6.44. The van der Waals surface area contributed by atoms with Gasteiger partial charge in [-0.25, -0.2) is 0 Å². The van der Waals surface area contributed by atoms with Gasteiger partial charge in [-0.05, 0) is 31.2 Å². The Morgan fingerprint density at radius 3 is 2.50 bits per heavy atom. The monoisotopic (exact) mass is 309 g/mol. The van der Waals surface area contributed by atoms with E-state index >= 15 is 0 Å². The number of aromatic nitrogens is 1. The molecule has 1 aromatic heterocycles. The highest BCUT2D eigenvalue weighted by molar-refractivity contribution is 7.16. The minimum atomic E-state index is 0.515. The predicted molar refractivity (Wildman–Crippen MR) is 90.4 cm³/mol. The van der Waals surface area contributed by atoms with Crippen LogP contribution in [0.4, 0.5) is 5.69 Å². The molecule has 22 heavy (non-hydrogen) atoms. The maximum Gasteiger partial charge on any atom is 0.211 e. The fourth-order valence-corrected chi connectivity index (χ4v) is 2.91. The van der Waals surface area contributed by atoms with Crippen molar-refractivity contribution >= 4 is 33.1 Å². The number of amidine groups is 1. The summed E-state index contributed by atoms with van der Waals surface area (Å²) in [6.45, 7) is 1.78. The topological polar surface area (TPSA) is 54.4 Å². The van der Waals surface area contributed by atoms with Crippen LogP contribution in [-0.4, -0.2) is 10.4 Å². The van der Waals surface area contributed by atoms with Crippen LogP contribution in [0.15, 0.2) is 75.0 Å². The molecule has 0 aliphatic carbocycles. The minimum Gasteiger partial charge on any atom is -0.318 e. The van der Waals surface area contributed by atoms with Crippen molar-refractivity contribution in [2.24, 2.45) is 27.5 Å². The maximum atomic E-state index is 4.27. The molecule has 0 bridgehead atoms. The zero-order valence-corrected chi connectivity index (χ0v) is 13.2. The highest BCUT2D eigenvalue weighted by atomic mass is 32.1. The summed E-state index contributed by atoms with van der Waals surface area (Å²) in [7, 11) is 1.98. The van der Waals surface area contributed by atoms with Gasteiger partial charge < -0.3 is 4.57 Å². The van der Waals surface area contributed by atoms with Gasteiger partial charge in [-0.15, -0.1) is 20.4 Å². The summed E-state index contributed by atoms with van der Waals surface area (Å²) in [6.07, 6.45) is 0. The first-order valence-electron chi connectivity index (χ1n) is 6.84. The number of rotatable bonds is 2. The molecule has 0 amide bonds. The first-order valence-corrected chi connectivity index (χ1v) is 7.65. The Labute approximate surface area is 132 Å². The van der Waals surface area contributed by atoms with Gasteiger partial charge in [-0.2, -0.15) is 0 Å². The van der Waals surface area contributed by atoms with Gasteiger partial charge in [0.1, 0.15) is 0 Å². The summed E-state index contributed by atoms with van der Waals surface area (Å²) in [5.74, 6) is 0.515. The lowest BCUT2D eigenvalue weighted by Gasteiger charge is -1.92. The van der Waals surface area contributed by atoms with E-state index in [9.17, 15) is 0 Å². The largest absolute Gasteiger partial charge is 0.318 e. The molecule has 6 heteroatoms. The summed E-state index contributed by atoms with van der Waals surface area (Å²) in [4.78, 5) is 0.829. The van der Waals surface area contributed by atoms with Crippen molar-refractivity contribution in [1.82, 2.24) is 4.57 Å². The molecule has 0 spiro atoms. The van der Waals surface area contributed by atoms with Crippen molar-refractivity contribution in [1.29, 1.82) is 0 Å². The Morgan fingerprint density at radius 1 is 1.00 bits per heavy atom. The summed E-state index contributed by atoms with van der Waals surface area (Å²) in [5.41, 5.74) is 1.94. The van der Waals surface area contributed by atoms with Gasteiger partial charge in [0, 0.05) is 7.05 Å². The van der Waals surface area contributed by atoms with Gasteiger partial charge in [0.2, 0.25) is 4.80 Å². The van der Waals surface area contributed by atoms with Crippen LogP contribution in [0.3, 0.4) is 0 Å². The lowest BCUT2D eigenvalue weighted by atomic mass is 10.3.